The van der Waals surface area contributed by atoms with Crippen molar-refractivity contribution in [2.24, 2.45) is 0 Å². The van der Waals surface area contributed by atoms with Gasteiger partial charge in [-0.15, -0.1) is 0 Å². The third-order valence-corrected chi connectivity index (χ3v) is 5.69. The topological polar surface area (TPSA) is 100 Å². The fourth-order valence-corrected chi connectivity index (χ4v) is 3.71. The van der Waals surface area contributed by atoms with Crippen molar-refractivity contribution in [3.63, 3.8) is 0 Å². The van der Waals surface area contributed by atoms with Crippen LogP contribution in [0.4, 0.5) is 17.2 Å². The van der Waals surface area contributed by atoms with E-state index < -0.39 is 5.54 Å². The van der Waals surface area contributed by atoms with Crippen molar-refractivity contribution in [3.05, 3.63) is 70.8 Å². The highest BCUT2D eigenvalue weighted by Gasteiger charge is 2.53. The smallest absolute Gasteiger partial charge is 0.255 e. The van der Waals surface area contributed by atoms with Gasteiger partial charge in [0, 0.05) is 29.6 Å². The molecule has 1 saturated carbocycles. The number of hydrogen-bond donors (Lipinski definition) is 2. The highest BCUT2D eigenvalue weighted by molar-refractivity contribution is 9.10. The van der Waals surface area contributed by atoms with Crippen molar-refractivity contribution in [2.75, 3.05) is 17.3 Å². The van der Waals surface area contributed by atoms with Gasteiger partial charge in [0.05, 0.1) is 17.4 Å². The molecular weight excluding hydrogens is 460 g/mol. The lowest BCUT2D eigenvalue weighted by molar-refractivity contribution is -0.121. The molecule has 1 aromatic carbocycles. The lowest BCUT2D eigenvalue weighted by atomic mass is 10.2. The number of aryl methyl sites for hydroxylation is 1. The maximum absolute atomic E-state index is 13.1. The van der Waals surface area contributed by atoms with E-state index in [1.54, 1.807) is 19.3 Å². The van der Waals surface area contributed by atoms with Crippen LogP contribution in [0.3, 0.4) is 0 Å². The molecule has 0 bridgehead atoms. The Kier molecular flexibility index (Phi) is 5.69. The standard InChI is InChI=1S/C22H21BrN6O2/c1-14-9-16(23)3-5-18(14)27-17-4-6-19(26-12-17)29(2)21(31)22(7-8-22)28-20(30)15-10-24-13-25-11-15/h3-6,9-13,27H,7-8H2,1-2H3,(H,28,30). The third-order valence-electron chi connectivity index (χ3n) is 5.20. The van der Waals surface area contributed by atoms with Crippen molar-refractivity contribution in [1.29, 1.82) is 0 Å². The molecule has 0 atom stereocenters. The normalized spacial score (nSPS) is 13.9. The summed E-state index contributed by atoms with van der Waals surface area (Å²) in [5.41, 5.74) is 2.30. The molecule has 0 saturated heterocycles. The molecule has 2 aromatic heterocycles. The summed E-state index contributed by atoms with van der Waals surface area (Å²) in [7, 11) is 1.66. The van der Waals surface area contributed by atoms with Crippen LogP contribution >= 0.6 is 15.9 Å². The van der Waals surface area contributed by atoms with Gasteiger partial charge in [-0.2, -0.15) is 0 Å². The maximum Gasteiger partial charge on any atom is 0.255 e. The van der Waals surface area contributed by atoms with Gasteiger partial charge < -0.3 is 10.6 Å². The number of pyridine rings is 1. The zero-order valence-corrected chi connectivity index (χ0v) is 18.7. The van der Waals surface area contributed by atoms with E-state index in [9.17, 15) is 9.59 Å². The summed E-state index contributed by atoms with van der Waals surface area (Å²) in [5.74, 6) is -0.0569. The predicted molar refractivity (Wildman–Crippen MR) is 121 cm³/mol. The summed E-state index contributed by atoms with van der Waals surface area (Å²) in [5, 5.41) is 6.16. The van der Waals surface area contributed by atoms with Crippen molar-refractivity contribution in [1.82, 2.24) is 20.3 Å². The van der Waals surface area contributed by atoms with Gasteiger partial charge in [0.15, 0.2) is 0 Å². The second-order valence-corrected chi connectivity index (χ2v) is 8.43. The number of anilines is 3. The molecule has 0 radical (unpaired) electrons. The summed E-state index contributed by atoms with van der Waals surface area (Å²) < 4.78 is 1.02. The molecule has 2 N–H and O–H groups in total. The molecule has 0 spiro atoms. The van der Waals surface area contributed by atoms with Gasteiger partial charge >= 0.3 is 0 Å². The van der Waals surface area contributed by atoms with Crippen molar-refractivity contribution in [2.45, 2.75) is 25.3 Å². The van der Waals surface area contributed by atoms with E-state index in [1.807, 2.05) is 31.2 Å². The fraction of sp³-hybridized carbons (Fsp3) is 0.227. The zero-order chi connectivity index (χ0) is 22.0. The first-order valence-electron chi connectivity index (χ1n) is 9.73. The molecule has 2 heterocycles. The molecule has 0 unspecified atom stereocenters. The van der Waals surface area contributed by atoms with E-state index in [1.165, 1.54) is 23.6 Å². The van der Waals surface area contributed by atoms with Crippen LogP contribution in [0.2, 0.25) is 0 Å². The minimum Gasteiger partial charge on any atom is -0.354 e. The van der Waals surface area contributed by atoms with Crippen LogP contribution < -0.4 is 15.5 Å². The van der Waals surface area contributed by atoms with Crippen molar-refractivity contribution < 1.29 is 9.59 Å². The Hall–Kier alpha value is -3.33. The number of hydrogen-bond acceptors (Lipinski definition) is 6. The molecule has 4 rings (SSSR count). The second-order valence-electron chi connectivity index (χ2n) is 7.52. The van der Waals surface area contributed by atoms with E-state index in [0.29, 0.717) is 24.2 Å². The van der Waals surface area contributed by atoms with Crippen molar-refractivity contribution in [3.8, 4) is 0 Å². The van der Waals surface area contributed by atoms with E-state index in [2.05, 4.69) is 41.5 Å². The monoisotopic (exact) mass is 480 g/mol. The predicted octanol–water partition coefficient (Wildman–Crippen LogP) is 3.61. The number of amides is 2. The SMILES string of the molecule is Cc1cc(Br)ccc1Nc1ccc(N(C)C(=O)C2(NC(=O)c3cncnc3)CC2)nc1. The molecule has 1 aliphatic carbocycles. The Morgan fingerprint density at radius 3 is 2.45 bits per heavy atom. The molecule has 3 aromatic rings. The minimum absolute atomic E-state index is 0.199. The van der Waals surface area contributed by atoms with Gasteiger partial charge in [-0.25, -0.2) is 15.0 Å². The van der Waals surface area contributed by atoms with Crippen LogP contribution in [0, 0.1) is 6.92 Å². The van der Waals surface area contributed by atoms with E-state index in [4.69, 9.17) is 0 Å². The first kappa shape index (κ1) is 20.9. The highest BCUT2D eigenvalue weighted by Crippen LogP contribution is 2.38. The average molecular weight is 481 g/mol. The van der Waals surface area contributed by atoms with Gasteiger partial charge in [0.2, 0.25) is 0 Å². The third kappa shape index (κ3) is 4.56. The number of rotatable bonds is 6. The van der Waals surface area contributed by atoms with Gasteiger partial charge in [-0.1, -0.05) is 15.9 Å². The minimum atomic E-state index is -0.908. The average Bonchev–Trinajstić information content (AvgIpc) is 3.56. The molecule has 0 aliphatic heterocycles. The van der Waals surface area contributed by atoms with Crippen molar-refractivity contribution >= 4 is 44.9 Å². The molecule has 8 nitrogen and oxygen atoms in total. The molecule has 158 valence electrons. The number of carbonyl (C=O) groups is 2. The fourth-order valence-electron chi connectivity index (χ4n) is 3.23. The van der Waals surface area contributed by atoms with Crippen LogP contribution in [0.5, 0.6) is 0 Å². The van der Waals surface area contributed by atoms with E-state index in [-0.39, 0.29) is 11.8 Å². The van der Waals surface area contributed by atoms with Crippen LogP contribution in [0.25, 0.3) is 0 Å². The number of nitrogens with one attached hydrogen (secondary N) is 2. The summed E-state index contributed by atoms with van der Waals surface area (Å²) in [6.07, 6.45) is 7.04. The van der Waals surface area contributed by atoms with Crippen LogP contribution in [-0.4, -0.2) is 39.4 Å². The number of benzene rings is 1. The second kappa shape index (κ2) is 8.43. The number of carbonyl (C=O) groups excluding carboxylic acids is 2. The van der Waals surface area contributed by atoms with Crippen LogP contribution in [-0.2, 0) is 4.79 Å². The summed E-state index contributed by atoms with van der Waals surface area (Å²) in [4.78, 5) is 39.1. The van der Waals surface area contributed by atoms with E-state index >= 15 is 0 Å². The Morgan fingerprint density at radius 2 is 1.84 bits per heavy atom. The number of halogens is 1. The summed E-state index contributed by atoms with van der Waals surface area (Å²) >= 11 is 3.46. The molecule has 9 heteroatoms. The first-order chi connectivity index (χ1) is 14.9. The molecule has 1 aliphatic rings. The van der Waals surface area contributed by atoms with Gasteiger partial charge in [0.1, 0.15) is 17.7 Å². The Bertz CT molecular complexity index is 1120. The summed E-state index contributed by atoms with van der Waals surface area (Å²) in [6, 6.07) is 9.63. The Morgan fingerprint density at radius 1 is 1.10 bits per heavy atom. The molecule has 2 amide bonds. The zero-order valence-electron chi connectivity index (χ0n) is 17.1. The summed E-state index contributed by atoms with van der Waals surface area (Å²) in [6.45, 7) is 2.02. The number of nitrogens with zero attached hydrogens (tertiary/aromatic N) is 4. The molecular formula is C22H21BrN6O2. The van der Waals surface area contributed by atoms with Crippen LogP contribution in [0.1, 0.15) is 28.8 Å². The number of aromatic nitrogens is 3. The van der Waals surface area contributed by atoms with Crippen LogP contribution in [0.15, 0.2) is 59.7 Å². The lowest BCUT2D eigenvalue weighted by Gasteiger charge is -2.24. The Labute approximate surface area is 188 Å². The largest absolute Gasteiger partial charge is 0.354 e. The highest BCUT2D eigenvalue weighted by atomic mass is 79.9. The Balaban J connectivity index is 1.43. The first-order valence-corrected chi connectivity index (χ1v) is 10.5. The maximum atomic E-state index is 13.1. The van der Waals surface area contributed by atoms with Gasteiger partial charge in [0.25, 0.3) is 11.8 Å². The molecule has 1 fully saturated rings. The quantitative estimate of drug-likeness (QED) is 0.558. The van der Waals surface area contributed by atoms with E-state index in [0.717, 1.165) is 21.4 Å². The number of likely N-dealkylation sites (N-methyl/N-ethyl adjacent to an activating group) is 1. The lowest BCUT2D eigenvalue weighted by Crippen LogP contribution is -2.50. The molecule has 31 heavy (non-hydrogen) atoms. The van der Waals surface area contributed by atoms with Gasteiger partial charge in [-0.3, -0.25) is 14.5 Å². The van der Waals surface area contributed by atoms with Gasteiger partial charge in [-0.05, 0) is 55.7 Å².